The summed E-state index contributed by atoms with van der Waals surface area (Å²) in [5.41, 5.74) is -0.389. The second kappa shape index (κ2) is 6.97. The molecular weight excluding hydrogens is 388 g/mol. The van der Waals surface area contributed by atoms with E-state index in [9.17, 15) is 4.79 Å². The number of fused-ring (bicyclic) bond motifs is 2. The van der Waals surface area contributed by atoms with Crippen LogP contribution in [-0.2, 0) is 0 Å². The average molecular weight is 417 g/mol. The summed E-state index contributed by atoms with van der Waals surface area (Å²) in [5.74, 6) is 2.51. The van der Waals surface area contributed by atoms with Gasteiger partial charge in [0.1, 0.15) is 28.4 Å². The normalized spacial score (nSPS) is 12.4. The van der Waals surface area contributed by atoms with Crippen molar-refractivity contribution in [3.05, 3.63) is 40.4 Å². The van der Waals surface area contributed by atoms with E-state index in [1.165, 1.54) is 0 Å². The second-order valence-electron chi connectivity index (χ2n) is 8.97. The molecule has 0 aliphatic rings. The van der Waals surface area contributed by atoms with Gasteiger partial charge in [0.25, 0.3) is 0 Å². The van der Waals surface area contributed by atoms with Crippen LogP contribution in [0.3, 0.4) is 0 Å². The van der Waals surface area contributed by atoms with Gasteiger partial charge in [-0.05, 0) is 75.2 Å². The minimum Gasteiger partial charge on any atom is -0.544 e. The lowest BCUT2D eigenvalue weighted by Crippen LogP contribution is -2.31. The van der Waals surface area contributed by atoms with Crippen molar-refractivity contribution in [2.45, 2.75) is 46.2 Å². The molecule has 0 atom stereocenters. The number of benzene rings is 2. The van der Waals surface area contributed by atoms with Crippen LogP contribution in [0.5, 0.6) is 17.2 Å². The quantitative estimate of drug-likeness (QED) is 0.395. The first-order chi connectivity index (χ1) is 12.9. The maximum atomic E-state index is 12.8. The van der Waals surface area contributed by atoms with Crippen LogP contribution in [0.1, 0.15) is 5.76 Å². The van der Waals surface area contributed by atoms with Crippen molar-refractivity contribution in [1.29, 1.82) is 0 Å². The van der Waals surface area contributed by atoms with Crippen molar-refractivity contribution in [3.8, 4) is 17.2 Å². The average Bonchev–Trinajstić information content (AvgIpc) is 2.50. The van der Waals surface area contributed by atoms with Crippen LogP contribution in [0.15, 0.2) is 33.5 Å². The molecule has 1 heterocycles. The highest BCUT2D eigenvalue weighted by atomic mass is 28.4. The summed E-state index contributed by atoms with van der Waals surface area (Å²) in [5, 5.41) is 2.97. The number of aryl methyl sites for hydroxylation is 1. The van der Waals surface area contributed by atoms with Crippen molar-refractivity contribution >= 4 is 38.2 Å². The fraction of sp³-hybridized carbons (Fsp3) is 0.381. The van der Waals surface area contributed by atoms with Gasteiger partial charge in [-0.25, -0.2) is 4.79 Å². The Bertz CT molecular complexity index is 1100. The van der Waals surface area contributed by atoms with Gasteiger partial charge in [-0.1, -0.05) is 0 Å². The number of hydrogen-bond donors (Lipinski definition) is 0. The van der Waals surface area contributed by atoms with E-state index in [2.05, 4.69) is 39.3 Å². The van der Waals surface area contributed by atoms with Gasteiger partial charge >= 0.3 is 5.63 Å². The largest absolute Gasteiger partial charge is 0.544 e. The molecule has 0 N–H and O–H groups in total. The first kappa shape index (κ1) is 20.5. The smallest absolute Gasteiger partial charge is 0.347 e. The molecule has 5 nitrogen and oxygen atoms in total. The topological polar surface area (TPSA) is 57.9 Å². The minimum atomic E-state index is -2.03. The molecule has 3 rings (SSSR count). The van der Waals surface area contributed by atoms with Crippen LogP contribution in [0.25, 0.3) is 21.5 Å². The molecule has 0 unspecified atom stereocenters. The summed E-state index contributed by atoms with van der Waals surface area (Å²) in [6, 6.07) is 7.67. The van der Waals surface area contributed by atoms with Gasteiger partial charge in [0, 0.05) is 6.07 Å². The highest BCUT2D eigenvalue weighted by Gasteiger charge is 2.26. The zero-order chi connectivity index (χ0) is 20.9. The number of methoxy groups -OCH3 is 1. The molecule has 0 saturated heterocycles. The van der Waals surface area contributed by atoms with Gasteiger partial charge in [-0.2, -0.15) is 0 Å². The lowest BCUT2D eigenvalue weighted by atomic mass is 10.0. The molecule has 7 heteroatoms. The van der Waals surface area contributed by atoms with Gasteiger partial charge in [0.05, 0.1) is 12.5 Å². The Morgan fingerprint density at radius 1 is 0.821 bits per heavy atom. The first-order valence-electron chi connectivity index (χ1n) is 9.35. The fourth-order valence-corrected chi connectivity index (χ4v) is 4.81. The summed E-state index contributed by atoms with van der Waals surface area (Å²) in [4.78, 5) is 12.8. The maximum Gasteiger partial charge on any atom is 0.347 e. The van der Waals surface area contributed by atoms with Crippen molar-refractivity contribution in [2.75, 3.05) is 7.11 Å². The number of ether oxygens (including phenoxy) is 1. The van der Waals surface area contributed by atoms with Gasteiger partial charge in [-0.15, -0.1) is 0 Å². The van der Waals surface area contributed by atoms with Gasteiger partial charge in [0.15, 0.2) is 0 Å². The van der Waals surface area contributed by atoms with Crippen LogP contribution >= 0.6 is 0 Å². The van der Waals surface area contributed by atoms with Gasteiger partial charge in [-0.3, -0.25) is 0 Å². The summed E-state index contributed by atoms with van der Waals surface area (Å²) < 4.78 is 23.7. The molecule has 0 aliphatic carbocycles. The predicted octanol–water partition coefficient (Wildman–Crippen LogP) is 5.69. The summed E-state index contributed by atoms with van der Waals surface area (Å²) in [6.45, 7) is 14.4. The van der Waals surface area contributed by atoms with Gasteiger partial charge < -0.3 is 18.0 Å². The Kier molecular flexibility index (Phi) is 5.10. The van der Waals surface area contributed by atoms with Crippen LogP contribution in [0.2, 0.25) is 39.3 Å². The third-order valence-electron chi connectivity index (χ3n) is 4.04. The van der Waals surface area contributed by atoms with E-state index in [-0.39, 0.29) is 5.63 Å². The van der Waals surface area contributed by atoms with Crippen LogP contribution < -0.4 is 19.2 Å². The lowest BCUT2D eigenvalue weighted by molar-refractivity contribution is 0.413. The molecule has 0 amide bonds. The molecule has 0 bridgehead atoms. The Labute approximate surface area is 167 Å². The van der Waals surface area contributed by atoms with E-state index in [0.29, 0.717) is 28.4 Å². The lowest BCUT2D eigenvalue weighted by Gasteiger charge is -2.26. The maximum absolute atomic E-state index is 12.8. The minimum absolute atomic E-state index is 0.389. The van der Waals surface area contributed by atoms with E-state index in [4.69, 9.17) is 18.0 Å². The third-order valence-corrected chi connectivity index (χ3v) is 5.69. The molecule has 3 aromatic rings. The first-order valence-corrected chi connectivity index (χ1v) is 16.2. The molecule has 0 spiro atoms. The zero-order valence-corrected chi connectivity index (χ0v) is 19.9. The molecule has 28 heavy (non-hydrogen) atoms. The highest BCUT2D eigenvalue weighted by Crippen LogP contribution is 2.43. The van der Waals surface area contributed by atoms with Crippen molar-refractivity contribution in [2.24, 2.45) is 0 Å². The van der Waals surface area contributed by atoms with Crippen molar-refractivity contribution in [1.82, 2.24) is 0 Å². The molecule has 0 aliphatic heterocycles. The van der Waals surface area contributed by atoms with Crippen LogP contribution in [0, 0.1) is 6.92 Å². The Balaban J connectivity index is 2.52. The summed E-state index contributed by atoms with van der Waals surface area (Å²) in [7, 11) is -2.31. The van der Waals surface area contributed by atoms with E-state index in [0.717, 1.165) is 16.2 Å². The predicted molar refractivity (Wildman–Crippen MR) is 119 cm³/mol. The van der Waals surface area contributed by atoms with Crippen LogP contribution in [0.4, 0.5) is 0 Å². The SMILES string of the molecule is COc1cc(O[Si](C)(C)C)c2c(O[Si](C)(C)C)c3c(=O)oc(C)cc3cc2c1. The van der Waals surface area contributed by atoms with E-state index >= 15 is 0 Å². The van der Waals surface area contributed by atoms with E-state index in [1.54, 1.807) is 14.0 Å². The third kappa shape index (κ3) is 4.25. The molecule has 150 valence electrons. The molecule has 0 fully saturated rings. The number of hydrogen-bond acceptors (Lipinski definition) is 5. The monoisotopic (exact) mass is 416 g/mol. The van der Waals surface area contributed by atoms with E-state index < -0.39 is 16.6 Å². The molecule has 0 saturated carbocycles. The Morgan fingerprint density at radius 3 is 2.00 bits per heavy atom. The summed E-state index contributed by atoms with van der Waals surface area (Å²) in [6.07, 6.45) is 0. The standard InChI is InChI=1S/C21H28O5Si2/c1-13-9-14-10-15-11-16(23-2)12-17(25-27(3,4)5)18(15)20(26-28(6,7)8)19(14)21(22)24-13/h9-12H,1-8H3. The molecular formula is C21H28O5Si2. The van der Waals surface area contributed by atoms with E-state index in [1.807, 2.05) is 24.3 Å². The molecule has 0 radical (unpaired) electrons. The van der Waals surface area contributed by atoms with Crippen molar-refractivity contribution in [3.63, 3.8) is 0 Å². The zero-order valence-electron chi connectivity index (χ0n) is 17.9. The Hall–Kier alpha value is -2.26. The number of rotatable bonds is 5. The highest BCUT2D eigenvalue weighted by molar-refractivity contribution is 6.71. The van der Waals surface area contributed by atoms with Crippen LogP contribution in [-0.4, -0.2) is 23.7 Å². The second-order valence-corrected chi connectivity index (χ2v) is 17.8. The molecule has 1 aromatic heterocycles. The summed E-state index contributed by atoms with van der Waals surface area (Å²) >= 11 is 0. The fourth-order valence-electron chi connectivity index (χ4n) is 3.17. The van der Waals surface area contributed by atoms with Gasteiger partial charge in [0.2, 0.25) is 16.6 Å². The Morgan fingerprint density at radius 2 is 1.43 bits per heavy atom. The molecule has 2 aromatic carbocycles. The van der Waals surface area contributed by atoms with Crippen molar-refractivity contribution < 1.29 is 18.0 Å².